The minimum atomic E-state index is 1.02. The molecule has 1 aromatic carbocycles. The molecule has 2 heterocycles. The van der Waals surface area contributed by atoms with Crippen LogP contribution in [0.5, 0.6) is 0 Å². The lowest BCUT2D eigenvalue weighted by Gasteiger charge is -2.12. The average Bonchev–Trinajstić information content (AvgIpc) is 2.67. The molecule has 15 heavy (non-hydrogen) atoms. The van der Waals surface area contributed by atoms with E-state index in [0.717, 1.165) is 25.9 Å². The molecule has 1 aliphatic heterocycles. The van der Waals surface area contributed by atoms with E-state index in [1.54, 1.807) is 0 Å². The number of hydrogen-bond donors (Lipinski definition) is 2. The van der Waals surface area contributed by atoms with Crippen LogP contribution in [-0.2, 0) is 19.4 Å². The van der Waals surface area contributed by atoms with E-state index in [0.29, 0.717) is 0 Å². The summed E-state index contributed by atoms with van der Waals surface area (Å²) >= 11 is 0. The molecule has 0 saturated heterocycles. The highest BCUT2D eigenvalue weighted by molar-refractivity contribution is 5.87. The molecule has 0 radical (unpaired) electrons. The molecular weight excluding hydrogens is 184 g/mol. The lowest BCUT2D eigenvalue weighted by Crippen LogP contribution is -2.22. The molecule has 1 aromatic heterocycles. The van der Waals surface area contributed by atoms with E-state index in [4.69, 9.17) is 0 Å². The number of para-hydroxylation sites is 1. The Labute approximate surface area is 89.7 Å². The molecule has 2 aromatic rings. The van der Waals surface area contributed by atoms with Crippen LogP contribution in [0.3, 0.4) is 0 Å². The summed E-state index contributed by atoms with van der Waals surface area (Å²) in [4.78, 5) is 3.60. The van der Waals surface area contributed by atoms with E-state index < -0.39 is 0 Å². The van der Waals surface area contributed by atoms with Crippen molar-refractivity contribution in [2.24, 2.45) is 0 Å². The van der Waals surface area contributed by atoms with E-state index in [2.05, 4.69) is 35.4 Å². The topological polar surface area (TPSA) is 27.8 Å². The lowest BCUT2D eigenvalue weighted by molar-refractivity contribution is 0.641. The van der Waals surface area contributed by atoms with Crippen molar-refractivity contribution in [3.8, 4) is 0 Å². The van der Waals surface area contributed by atoms with Gasteiger partial charge in [0.15, 0.2) is 0 Å². The molecule has 0 amide bonds. The lowest BCUT2D eigenvalue weighted by atomic mass is 10.0. The zero-order valence-electron chi connectivity index (χ0n) is 9.06. The standard InChI is InChI=1S/C13H16N2/c1-2-9-4-3-5-10-11-8-14-7-6-12(11)15-13(9)10/h3-5,14-15H,2,6-8H2,1H3. The maximum absolute atomic E-state index is 3.60. The third-order valence-corrected chi connectivity index (χ3v) is 3.35. The molecule has 0 fully saturated rings. The fourth-order valence-electron chi connectivity index (χ4n) is 2.52. The van der Waals surface area contributed by atoms with Crippen molar-refractivity contribution < 1.29 is 0 Å². The Morgan fingerprint density at radius 2 is 2.27 bits per heavy atom. The summed E-state index contributed by atoms with van der Waals surface area (Å²) in [5.74, 6) is 0. The van der Waals surface area contributed by atoms with Gasteiger partial charge in [0.2, 0.25) is 0 Å². The Bertz CT molecular complexity index is 496. The second kappa shape index (κ2) is 3.38. The Kier molecular flexibility index (Phi) is 2.03. The van der Waals surface area contributed by atoms with Gasteiger partial charge >= 0.3 is 0 Å². The third-order valence-electron chi connectivity index (χ3n) is 3.35. The summed E-state index contributed by atoms with van der Waals surface area (Å²) in [7, 11) is 0. The Morgan fingerprint density at radius 3 is 3.13 bits per heavy atom. The van der Waals surface area contributed by atoms with Crippen LogP contribution in [0.15, 0.2) is 18.2 Å². The largest absolute Gasteiger partial charge is 0.358 e. The van der Waals surface area contributed by atoms with Crippen LogP contribution in [0.4, 0.5) is 0 Å². The summed E-state index contributed by atoms with van der Waals surface area (Å²) < 4.78 is 0. The van der Waals surface area contributed by atoms with Gasteiger partial charge in [-0.05, 0) is 17.5 Å². The molecule has 1 aliphatic rings. The van der Waals surface area contributed by atoms with Crippen molar-refractivity contribution in [1.29, 1.82) is 0 Å². The predicted octanol–water partition coefficient (Wildman–Crippen LogP) is 2.38. The number of hydrogen-bond acceptors (Lipinski definition) is 1. The van der Waals surface area contributed by atoms with E-state index >= 15 is 0 Å². The minimum absolute atomic E-state index is 1.02. The first-order valence-corrected chi connectivity index (χ1v) is 5.72. The van der Waals surface area contributed by atoms with Gasteiger partial charge in [0.25, 0.3) is 0 Å². The van der Waals surface area contributed by atoms with Gasteiger partial charge in [-0.25, -0.2) is 0 Å². The summed E-state index contributed by atoms with van der Waals surface area (Å²) in [5, 5.41) is 4.85. The van der Waals surface area contributed by atoms with Crippen LogP contribution >= 0.6 is 0 Å². The van der Waals surface area contributed by atoms with E-state index in [9.17, 15) is 0 Å². The van der Waals surface area contributed by atoms with Crippen molar-refractivity contribution in [2.75, 3.05) is 6.54 Å². The van der Waals surface area contributed by atoms with Crippen molar-refractivity contribution in [3.05, 3.63) is 35.0 Å². The van der Waals surface area contributed by atoms with Crippen LogP contribution in [-0.4, -0.2) is 11.5 Å². The van der Waals surface area contributed by atoms with Gasteiger partial charge in [0.05, 0.1) is 0 Å². The van der Waals surface area contributed by atoms with Gasteiger partial charge in [-0.2, -0.15) is 0 Å². The van der Waals surface area contributed by atoms with Crippen LogP contribution in [0.1, 0.15) is 23.7 Å². The molecule has 3 rings (SSSR count). The highest BCUT2D eigenvalue weighted by atomic mass is 14.9. The molecule has 0 saturated carbocycles. The molecular formula is C13H16N2. The zero-order valence-corrected chi connectivity index (χ0v) is 9.06. The molecule has 2 N–H and O–H groups in total. The number of rotatable bonds is 1. The number of benzene rings is 1. The van der Waals surface area contributed by atoms with Gasteiger partial charge < -0.3 is 10.3 Å². The number of aromatic amines is 1. The van der Waals surface area contributed by atoms with E-state index in [1.807, 2.05) is 0 Å². The van der Waals surface area contributed by atoms with E-state index in [1.165, 1.54) is 27.7 Å². The minimum Gasteiger partial charge on any atom is -0.358 e. The number of aryl methyl sites for hydroxylation is 1. The van der Waals surface area contributed by atoms with Crippen LogP contribution in [0.25, 0.3) is 10.9 Å². The summed E-state index contributed by atoms with van der Waals surface area (Å²) in [6.07, 6.45) is 2.23. The fraction of sp³-hybridized carbons (Fsp3) is 0.385. The van der Waals surface area contributed by atoms with Gasteiger partial charge in [0.1, 0.15) is 0 Å². The Balaban J connectivity index is 2.31. The van der Waals surface area contributed by atoms with Crippen molar-refractivity contribution in [2.45, 2.75) is 26.3 Å². The fourth-order valence-corrected chi connectivity index (χ4v) is 2.52. The second-order valence-corrected chi connectivity index (χ2v) is 4.20. The maximum Gasteiger partial charge on any atom is 0.0491 e. The first-order valence-electron chi connectivity index (χ1n) is 5.72. The SMILES string of the molecule is CCc1cccc2c3c([nH]c12)CCNC3. The average molecular weight is 200 g/mol. The normalized spacial score (nSPS) is 15.5. The van der Waals surface area contributed by atoms with Gasteiger partial charge in [-0.1, -0.05) is 25.1 Å². The number of fused-ring (bicyclic) bond motifs is 3. The van der Waals surface area contributed by atoms with Crippen LogP contribution in [0.2, 0.25) is 0 Å². The molecule has 0 unspecified atom stereocenters. The molecule has 0 bridgehead atoms. The van der Waals surface area contributed by atoms with Gasteiger partial charge in [0, 0.05) is 36.1 Å². The highest BCUT2D eigenvalue weighted by Crippen LogP contribution is 2.27. The molecule has 2 nitrogen and oxygen atoms in total. The van der Waals surface area contributed by atoms with Crippen LogP contribution < -0.4 is 5.32 Å². The maximum atomic E-state index is 3.60. The number of aromatic nitrogens is 1. The van der Waals surface area contributed by atoms with Crippen molar-refractivity contribution in [3.63, 3.8) is 0 Å². The van der Waals surface area contributed by atoms with Gasteiger partial charge in [-0.15, -0.1) is 0 Å². The first-order chi connectivity index (χ1) is 7.40. The quantitative estimate of drug-likeness (QED) is 0.726. The van der Waals surface area contributed by atoms with Crippen molar-refractivity contribution >= 4 is 10.9 Å². The predicted molar refractivity (Wildman–Crippen MR) is 63.1 cm³/mol. The number of nitrogens with one attached hydrogen (secondary N) is 2. The van der Waals surface area contributed by atoms with Crippen molar-refractivity contribution in [1.82, 2.24) is 10.3 Å². The molecule has 0 spiro atoms. The Hall–Kier alpha value is -1.28. The number of H-pyrrole nitrogens is 1. The molecule has 0 aliphatic carbocycles. The molecule has 2 heteroatoms. The summed E-state index contributed by atoms with van der Waals surface area (Å²) in [6, 6.07) is 6.62. The van der Waals surface area contributed by atoms with Crippen LogP contribution in [0, 0.1) is 0 Å². The van der Waals surface area contributed by atoms with E-state index in [-0.39, 0.29) is 0 Å². The summed E-state index contributed by atoms with van der Waals surface area (Å²) in [5.41, 5.74) is 5.70. The highest BCUT2D eigenvalue weighted by Gasteiger charge is 2.15. The molecule has 78 valence electrons. The first kappa shape index (κ1) is 8.98. The zero-order chi connectivity index (χ0) is 10.3. The summed E-state index contributed by atoms with van der Waals surface area (Å²) in [6.45, 7) is 4.33. The third kappa shape index (κ3) is 1.29. The smallest absolute Gasteiger partial charge is 0.0491 e. The van der Waals surface area contributed by atoms with Gasteiger partial charge in [-0.3, -0.25) is 0 Å². The molecule has 0 atom stereocenters. The second-order valence-electron chi connectivity index (χ2n) is 4.20. The Morgan fingerprint density at radius 1 is 1.33 bits per heavy atom. The monoisotopic (exact) mass is 200 g/mol.